The van der Waals surface area contributed by atoms with Gasteiger partial charge in [0.25, 0.3) is 0 Å². The molecule has 2 aromatic rings. The van der Waals surface area contributed by atoms with Crippen molar-refractivity contribution < 1.29 is 13.3 Å². The number of rotatable bonds is 3. The van der Waals surface area contributed by atoms with Crippen LogP contribution in [0.1, 0.15) is 17.0 Å². The van der Waals surface area contributed by atoms with E-state index >= 15 is 0 Å². The van der Waals surface area contributed by atoms with Crippen molar-refractivity contribution >= 4 is 5.69 Å². The molecule has 5 heteroatoms. The molecule has 1 aromatic carbocycles. The van der Waals surface area contributed by atoms with E-state index in [0.717, 1.165) is 5.56 Å². The Morgan fingerprint density at radius 1 is 1.24 bits per heavy atom. The molecule has 1 heterocycles. The quantitative estimate of drug-likeness (QED) is 0.892. The smallest absolute Gasteiger partial charge is 0.149 e. The van der Waals surface area contributed by atoms with Crippen LogP contribution in [0.2, 0.25) is 0 Å². The van der Waals surface area contributed by atoms with Crippen molar-refractivity contribution in [2.75, 3.05) is 5.32 Å². The lowest BCUT2D eigenvalue weighted by Crippen LogP contribution is -2.05. The SMILES string of the molecule is Cc1noc(C)c1CNc1c(F)cccc1F. The van der Waals surface area contributed by atoms with E-state index in [2.05, 4.69) is 10.5 Å². The summed E-state index contributed by atoms with van der Waals surface area (Å²) in [5.41, 5.74) is 1.40. The molecule has 0 saturated carbocycles. The monoisotopic (exact) mass is 238 g/mol. The van der Waals surface area contributed by atoms with Crippen LogP contribution < -0.4 is 5.32 Å². The first-order chi connectivity index (χ1) is 8.09. The molecule has 3 nitrogen and oxygen atoms in total. The van der Waals surface area contributed by atoms with Gasteiger partial charge in [-0.2, -0.15) is 0 Å². The number of nitrogens with zero attached hydrogens (tertiary/aromatic N) is 1. The summed E-state index contributed by atoms with van der Waals surface area (Å²) in [6.07, 6.45) is 0. The normalized spacial score (nSPS) is 10.6. The zero-order valence-electron chi connectivity index (χ0n) is 9.55. The molecule has 0 fully saturated rings. The van der Waals surface area contributed by atoms with Crippen LogP contribution in [0.3, 0.4) is 0 Å². The van der Waals surface area contributed by atoms with Crippen LogP contribution in [-0.4, -0.2) is 5.16 Å². The lowest BCUT2D eigenvalue weighted by atomic mass is 10.2. The maximum absolute atomic E-state index is 13.3. The maximum atomic E-state index is 13.3. The maximum Gasteiger partial charge on any atom is 0.149 e. The highest BCUT2D eigenvalue weighted by Gasteiger charge is 2.12. The summed E-state index contributed by atoms with van der Waals surface area (Å²) in [6, 6.07) is 3.74. The van der Waals surface area contributed by atoms with Crippen LogP contribution in [0.25, 0.3) is 0 Å². The fourth-order valence-electron chi connectivity index (χ4n) is 1.60. The third kappa shape index (κ3) is 2.27. The first kappa shape index (κ1) is 11.6. The molecule has 1 aromatic heterocycles. The van der Waals surface area contributed by atoms with Gasteiger partial charge >= 0.3 is 0 Å². The van der Waals surface area contributed by atoms with Gasteiger partial charge in [-0.25, -0.2) is 8.78 Å². The predicted octanol–water partition coefficient (Wildman–Crippen LogP) is 3.18. The standard InChI is InChI=1S/C12H12F2N2O/c1-7-9(8(2)17-16-7)6-15-12-10(13)4-3-5-11(12)14/h3-5,15H,6H2,1-2H3. The van der Waals surface area contributed by atoms with Gasteiger partial charge in [0, 0.05) is 12.1 Å². The molecule has 0 radical (unpaired) electrons. The number of benzene rings is 1. The fraction of sp³-hybridized carbons (Fsp3) is 0.250. The van der Waals surface area contributed by atoms with Crippen LogP contribution in [0.5, 0.6) is 0 Å². The van der Waals surface area contributed by atoms with E-state index in [-0.39, 0.29) is 12.2 Å². The Labute approximate surface area is 97.4 Å². The molecule has 0 bridgehead atoms. The Morgan fingerprint density at radius 2 is 1.88 bits per heavy atom. The zero-order chi connectivity index (χ0) is 12.4. The highest BCUT2D eigenvalue weighted by atomic mass is 19.1. The van der Waals surface area contributed by atoms with Crippen molar-refractivity contribution in [3.05, 3.63) is 46.9 Å². The lowest BCUT2D eigenvalue weighted by Gasteiger charge is -2.08. The van der Waals surface area contributed by atoms with Gasteiger partial charge in [0.15, 0.2) is 0 Å². The van der Waals surface area contributed by atoms with Gasteiger partial charge in [-0.05, 0) is 26.0 Å². The molecule has 0 aliphatic heterocycles. The van der Waals surface area contributed by atoms with Crippen molar-refractivity contribution in [3.8, 4) is 0 Å². The van der Waals surface area contributed by atoms with Gasteiger partial charge in [0.2, 0.25) is 0 Å². The molecular formula is C12H12F2N2O. The van der Waals surface area contributed by atoms with Crippen LogP contribution in [0, 0.1) is 25.5 Å². The van der Waals surface area contributed by atoms with Crippen LogP contribution in [-0.2, 0) is 6.54 Å². The number of para-hydroxylation sites is 1. The number of aromatic nitrogens is 1. The van der Waals surface area contributed by atoms with Gasteiger partial charge in [-0.1, -0.05) is 11.2 Å². The molecule has 0 unspecified atom stereocenters. The van der Waals surface area contributed by atoms with Gasteiger partial charge in [-0.3, -0.25) is 0 Å². The second-order valence-corrected chi connectivity index (χ2v) is 3.75. The third-order valence-electron chi connectivity index (χ3n) is 2.59. The molecular weight excluding hydrogens is 226 g/mol. The first-order valence-corrected chi connectivity index (χ1v) is 5.19. The zero-order valence-corrected chi connectivity index (χ0v) is 9.55. The number of anilines is 1. The van der Waals surface area contributed by atoms with Crippen molar-refractivity contribution in [3.63, 3.8) is 0 Å². The summed E-state index contributed by atoms with van der Waals surface area (Å²) in [7, 11) is 0. The second kappa shape index (κ2) is 4.53. The van der Waals surface area contributed by atoms with E-state index in [1.54, 1.807) is 13.8 Å². The highest BCUT2D eigenvalue weighted by Crippen LogP contribution is 2.20. The molecule has 0 saturated heterocycles. The number of nitrogens with one attached hydrogen (secondary N) is 1. The topological polar surface area (TPSA) is 38.1 Å². The van der Waals surface area contributed by atoms with Gasteiger partial charge in [0.05, 0.1) is 5.69 Å². The molecule has 90 valence electrons. The molecule has 0 spiro atoms. The first-order valence-electron chi connectivity index (χ1n) is 5.19. The molecule has 0 amide bonds. The average Bonchev–Trinajstić information content (AvgIpc) is 2.59. The van der Waals surface area contributed by atoms with E-state index in [1.807, 2.05) is 0 Å². The molecule has 1 N–H and O–H groups in total. The number of halogens is 2. The summed E-state index contributed by atoms with van der Waals surface area (Å²) in [6.45, 7) is 3.82. The van der Waals surface area contributed by atoms with Crippen molar-refractivity contribution in [2.45, 2.75) is 20.4 Å². The summed E-state index contributed by atoms with van der Waals surface area (Å²) in [4.78, 5) is 0. The van der Waals surface area contributed by atoms with Gasteiger partial charge in [0.1, 0.15) is 23.1 Å². The molecule has 2 rings (SSSR count). The molecule has 0 atom stereocenters. The van der Waals surface area contributed by atoms with E-state index < -0.39 is 11.6 Å². The average molecular weight is 238 g/mol. The number of aryl methyl sites for hydroxylation is 2. The molecule has 0 aliphatic rings. The fourth-order valence-corrected chi connectivity index (χ4v) is 1.60. The Bertz CT molecular complexity index is 498. The minimum Gasteiger partial charge on any atom is -0.376 e. The molecule has 17 heavy (non-hydrogen) atoms. The summed E-state index contributed by atoms with van der Waals surface area (Å²) in [5.74, 6) is -0.583. The number of hydrogen-bond donors (Lipinski definition) is 1. The van der Waals surface area contributed by atoms with E-state index in [9.17, 15) is 8.78 Å². The predicted molar refractivity (Wildman–Crippen MR) is 59.7 cm³/mol. The van der Waals surface area contributed by atoms with Crippen molar-refractivity contribution in [2.24, 2.45) is 0 Å². The van der Waals surface area contributed by atoms with E-state index in [1.165, 1.54) is 18.2 Å². The Morgan fingerprint density at radius 3 is 2.41 bits per heavy atom. The second-order valence-electron chi connectivity index (χ2n) is 3.75. The molecule has 0 aliphatic carbocycles. The summed E-state index contributed by atoms with van der Waals surface area (Å²) in [5, 5.41) is 6.49. The van der Waals surface area contributed by atoms with Crippen LogP contribution in [0.15, 0.2) is 22.7 Å². The largest absolute Gasteiger partial charge is 0.376 e. The van der Waals surface area contributed by atoms with Crippen molar-refractivity contribution in [1.82, 2.24) is 5.16 Å². The minimum atomic E-state index is -0.614. The Kier molecular flexibility index (Phi) is 3.08. The highest BCUT2D eigenvalue weighted by molar-refractivity contribution is 5.46. The summed E-state index contributed by atoms with van der Waals surface area (Å²) < 4.78 is 31.6. The van der Waals surface area contributed by atoms with Gasteiger partial charge in [-0.15, -0.1) is 0 Å². The summed E-state index contributed by atoms with van der Waals surface area (Å²) >= 11 is 0. The Balaban J connectivity index is 2.18. The van der Waals surface area contributed by atoms with Crippen LogP contribution in [0.4, 0.5) is 14.5 Å². The minimum absolute atomic E-state index is 0.132. The number of hydrogen-bond acceptors (Lipinski definition) is 3. The van der Waals surface area contributed by atoms with E-state index in [0.29, 0.717) is 11.5 Å². The van der Waals surface area contributed by atoms with Crippen LogP contribution >= 0.6 is 0 Å². The third-order valence-corrected chi connectivity index (χ3v) is 2.59. The lowest BCUT2D eigenvalue weighted by molar-refractivity contribution is 0.392. The van der Waals surface area contributed by atoms with Gasteiger partial charge < -0.3 is 9.84 Å². The Hall–Kier alpha value is -1.91. The van der Waals surface area contributed by atoms with Crippen molar-refractivity contribution in [1.29, 1.82) is 0 Å². The van der Waals surface area contributed by atoms with E-state index in [4.69, 9.17) is 4.52 Å².